The predicted octanol–water partition coefficient (Wildman–Crippen LogP) is 5.50. The summed E-state index contributed by atoms with van der Waals surface area (Å²) in [6, 6.07) is 14.5. The van der Waals surface area contributed by atoms with Gasteiger partial charge in [-0.2, -0.15) is 18.2 Å². The molecule has 0 atom stereocenters. The summed E-state index contributed by atoms with van der Waals surface area (Å²) in [5.74, 6) is 0.0500. The molecule has 4 aromatic rings. The molecule has 0 fully saturated rings. The number of alkyl halides is 3. The van der Waals surface area contributed by atoms with Crippen molar-refractivity contribution in [2.45, 2.75) is 17.1 Å². The molecule has 11 heteroatoms. The molecule has 0 aliphatic rings. The summed E-state index contributed by atoms with van der Waals surface area (Å²) >= 11 is 7.32. The van der Waals surface area contributed by atoms with Crippen molar-refractivity contribution in [1.82, 2.24) is 24.9 Å². The molecule has 2 aromatic carbocycles. The Kier molecular flexibility index (Phi) is 5.52. The Morgan fingerprint density at radius 1 is 1.10 bits per heavy atom. The molecule has 0 spiro atoms. The van der Waals surface area contributed by atoms with Crippen molar-refractivity contribution in [1.29, 1.82) is 0 Å². The van der Waals surface area contributed by atoms with Crippen LogP contribution >= 0.6 is 23.4 Å². The third kappa shape index (κ3) is 4.19. The van der Waals surface area contributed by atoms with Crippen LogP contribution in [0.4, 0.5) is 13.2 Å². The monoisotopic (exact) mass is 451 g/mol. The molecule has 0 saturated carbocycles. The summed E-state index contributed by atoms with van der Waals surface area (Å²) in [7, 11) is 1.29. The van der Waals surface area contributed by atoms with E-state index in [1.165, 1.54) is 7.05 Å². The van der Waals surface area contributed by atoms with Crippen molar-refractivity contribution in [2.24, 2.45) is 7.05 Å². The van der Waals surface area contributed by atoms with Crippen LogP contribution < -0.4 is 0 Å². The highest BCUT2D eigenvalue weighted by atomic mass is 35.5. The van der Waals surface area contributed by atoms with Crippen LogP contribution in [0.15, 0.2) is 58.2 Å². The fourth-order valence-corrected chi connectivity index (χ4v) is 3.79. The minimum Gasteiger partial charge on any atom is -0.334 e. The third-order valence-corrected chi connectivity index (χ3v) is 5.59. The van der Waals surface area contributed by atoms with Gasteiger partial charge >= 0.3 is 6.18 Å². The molecule has 2 aromatic heterocycles. The van der Waals surface area contributed by atoms with Crippen molar-refractivity contribution in [3.8, 4) is 22.8 Å². The number of thioether (sulfide) groups is 1. The van der Waals surface area contributed by atoms with E-state index in [0.717, 1.165) is 21.9 Å². The number of hydrogen-bond donors (Lipinski definition) is 0. The van der Waals surface area contributed by atoms with Crippen molar-refractivity contribution in [3.63, 3.8) is 0 Å². The molecule has 0 unspecified atom stereocenters. The Morgan fingerprint density at radius 2 is 1.90 bits per heavy atom. The van der Waals surface area contributed by atoms with Crippen LogP contribution in [0.25, 0.3) is 22.8 Å². The third-order valence-electron chi connectivity index (χ3n) is 4.17. The van der Waals surface area contributed by atoms with Crippen LogP contribution in [0.1, 0.15) is 11.4 Å². The van der Waals surface area contributed by atoms with E-state index in [4.69, 9.17) is 16.1 Å². The topological polar surface area (TPSA) is 69.6 Å². The smallest absolute Gasteiger partial charge is 0.334 e. The average molecular weight is 452 g/mol. The lowest BCUT2D eigenvalue weighted by molar-refractivity contribution is -0.147. The number of benzene rings is 2. The summed E-state index contributed by atoms with van der Waals surface area (Å²) in [6.45, 7) is 0. The molecule has 0 radical (unpaired) electrons. The Hall–Kier alpha value is -2.85. The molecule has 6 nitrogen and oxygen atoms in total. The van der Waals surface area contributed by atoms with Crippen molar-refractivity contribution < 1.29 is 17.7 Å². The zero-order valence-electron chi connectivity index (χ0n) is 15.4. The first-order chi connectivity index (χ1) is 14.3. The summed E-state index contributed by atoms with van der Waals surface area (Å²) in [5.41, 5.74) is 2.20. The normalized spacial score (nSPS) is 11.8. The highest BCUT2D eigenvalue weighted by Crippen LogP contribution is 2.31. The zero-order valence-corrected chi connectivity index (χ0v) is 17.0. The van der Waals surface area contributed by atoms with Gasteiger partial charge in [0, 0.05) is 18.4 Å². The Balaban J connectivity index is 1.52. The van der Waals surface area contributed by atoms with Gasteiger partial charge in [0.2, 0.25) is 11.6 Å². The van der Waals surface area contributed by atoms with Crippen molar-refractivity contribution in [2.75, 3.05) is 0 Å². The van der Waals surface area contributed by atoms with Crippen LogP contribution in [0.5, 0.6) is 0 Å². The molecule has 0 amide bonds. The fraction of sp³-hybridized carbons (Fsp3) is 0.158. The number of nitrogens with zero attached hydrogens (tertiary/aromatic N) is 5. The average Bonchev–Trinajstić information content (AvgIpc) is 3.34. The van der Waals surface area contributed by atoms with Gasteiger partial charge in [-0.25, -0.2) is 0 Å². The standard InChI is InChI=1S/C19H13ClF3N5OS/c1-28-17(19(21,22)23)25-26-18(28)30-10-11-5-4-6-12(9-11)15-24-16(29-27-15)13-7-2-3-8-14(13)20/h2-9H,10H2,1H3. The van der Waals surface area contributed by atoms with E-state index in [1.54, 1.807) is 18.2 Å². The fourth-order valence-electron chi connectivity index (χ4n) is 2.72. The van der Waals surface area contributed by atoms with E-state index in [1.807, 2.05) is 30.3 Å². The summed E-state index contributed by atoms with van der Waals surface area (Å²) in [4.78, 5) is 4.39. The summed E-state index contributed by atoms with van der Waals surface area (Å²) in [5, 5.41) is 11.5. The van der Waals surface area contributed by atoms with Gasteiger partial charge in [-0.3, -0.25) is 0 Å². The van der Waals surface area contributed by atoms with Gasteiger partial charge in [0.1, 0.15) is 0 Å². The lowest BCUT2D eigenvalue weighted by Gasteiger charge is -2.06. The minimum absolute atomic E-state index is 0.174. The summed E-state index contributed by atoms with van der Waals surface area (Å²) < 4.78 is 44.8. The first-order valence-corrected chi connectivity index (χ1v) is 9.96. The van der Waals surface area contributed by atoms with E-state index in [9.17, 15) is 13.2 Å². The van der Waals surface area contributed by atoms with E-state index in [0.29, 0.717) is 33.6 Å². The molecule has 30 heavy (non-hydrogen) atoms. The van der Waals surface area contributed by atoms with Crippen molar-refractivity contribution >= 4 is 23.4 Å². The number of halogens is 4. The van der Waals surface area contributed by atoms with E-state index >= 15 is 0 Å². The van der Waals surface area contributed by atoms with Crippen LogP contribution in [0.2, 0.25) is 5.02 Å². The lowest BCUT2D eigenvalue weighted by Crippen LogP contribution is -2.12. The van der Waals surface area contributed by atoms with Crippen LogP contribution in [0.3, 0.4) is 0 Å². The molecule has 154 valence electrons. The maximum atomic E-state index is 12.9. The molecule has 2 heterocycles. The largest absolute Gasteiger partial charge is 0.451 e. The van der Waals surface area contributed by atoms with Crippen LogP contribution in [-0.2, 0) is 19.0 Å². The van der Waals surface area contributed by atoms with Gasteiger partial charge in [0.15, 0.2) is 5.16 Å². The highest BCUT2D eigenvalue weighted by molar-refractivity contribution is 7.98. The van der Waals surface area contributed by atoms with Gasteiger partial charge in [0.05, 0.1) is 10.6 Å². The number of aromatic nitrogens is 5. The molecule has 4 rings (SSSR count). The molecular weight excluding hydrogens is 439 g/mol. The minimum atomic E-state index is -4.54. The second-order valence-electron chi connectivity index (χ2n) is 6.25. The van der Waals surface area contributed by atoms with Gasteiger partial charge in [-0.05, 0) is 23.8 Å². The highest BCUT2D eigenvalue weighted by Gasteiger charge is 2.37. The number of hydrogen-bond acceptors (Lipinski definition) is 6. The van der Waals surface area contributed by atoms with Gasteiger partial charge in [0.25, 0.3) is 5.89 Å². The van der Waals surface area contributed by atoms with Crippen LogP contribution in [0, 0.1) is 0 Å². The second kappa shape index (κ2) is 8.11. The van der Waals surface area contributed by atoms with Gasteiger partial charge < -0.3 is 9.09 Å². The van der Waals surface area contributed by atoms with E-state index < -0.39 is 12.0 Å². The first kappa shape index (κ1) is 20.4. The second-order valence-corrected chi connectivity index (χ2v) is 7.60. The van der Waals surface area contributed by atoms with E-state index in [2.05, 4.69) is 20.3 Å². The maximum Gasteiger partial charge on any atom is 0.451 e. The van der Waals surface area contributed by atoms with Gasteiger partial charge in [-0.15, -0.1) is 10.2 Å². The Labute approximate surface area is 178 Å². The zero-order chi connectivity index (χ0) is 21.3. The maximum absolute atomic E-state index is 12.9. The molecule has 0 N–H and O–H groups in total. The SMILES string of the molecule is Cn1c(SCc2cccc(-c3noc(-c4ccccc4Cl)n3)c2)nnc1C(F)(F)F. The molecular formula is C19H13ClF3N5OS. The van der Waals surface area contributed by atoms with Crippen LogP contribution in [-0.4, -0.2) is 24.9 Å². The lowest BCUT2D eigenvalue weighted by atomic mass is 10.1. The molecule has 0 bridgehead atoms. The van der Waals surface area contributed by atoms with Crippen molar-refractivity contribution in [3.05, 3.63) is 64.9 Å². The quantitative estimate of drug-likeness (QED) is 0.373. The Morgan fingerprint density at radius 3 is 2.63 bits per heavy atom. The summed E-state index contributed by atoms with van der Waals surface area (Å²) in [6.07, 6.45) is -4.54. The first-order valence-electron chi connectivity index (χ1n) is 8.60. The number of rotatable bonds is 5. The molecule has 0 aliphatic carbocycles. The van der Waals surface area contributed by atoms with E-state index in [-0.39, 0.29) is 5.16 Å². The molecule has 0 saturated heterocycles. The Bertz CT molecular complexity index is 1190. The van der Waals surface area contributed by atoms with Gasteiger partial charge in [-0.1, -0.05) is 58.9 Å². The predicted molar refractivity (Wildman–Crippen MR) is 106 cm³/mol. The molecule has 0 aliphatic heterocycles.